The van der Waals surface area contributed by atoms with E-state index in [1.165, 1.54) is 6.07 Å². The van der Waals surface area contributed by atoms with Crippen LogP contribution in [0.3, 0.4) is 0 Å². The zero-order chi connectivity index (χ0) is 17.3. The number of carbonyl (C=O) groups excluding carboxylic acids is 1. The highest BCUT2D eigenvalue weighted by Crippen LogP contribution is 2.27. The first-order valence-electron chi connectivity index (χ1n) is 8.09. The van der Waals surface area contributed by atoms with Gasteiger partial charge in [0.25, 0.3) is 0 Å². The van der Waals surface area contributed by atoms with E-state index in [1.54, 1.807) is 19.1 Å². The number of primary amides is 1. The van der Waals surface area contributed by atoms with Crippen LogP contribution in [0.5, 0.6) is 0 Å². The second-order valence-corrected chi connectivity index (χ2v) is 6.31. The lowest BCUT2D eigenvalue weighted by Gasteiger charge is -2.33. The topological polar surface area (TPSA) is 85.3 Å². The van der Waals surface area contributed by atoms with Crippen LogP contribution in [0.2, 0.25) is 0 Å². The van der Waals surface area contributed by atoms with Crippen LogP contribution in [-0.4, -0.2) is 34.0 Å². The Bertz CT molecular complexity index is 738. The van der Waals surface area contributed by atoms with Crippen molar-refractivity contribution >= 4 is 5.91 Å². The molecule has 1 atom stereocenters. The standard InChI is InChI=1S/C17H21FN4O2/c1-10-3-4-13(9-14(10)18)16-20-17(24-21-16)11(2)22-7-5-12(6-8-22)15(19)23/h3-4,9,11-12H,5-8H2,1-2H3,(H2,19,23)/t11-/m0/s1. The summed E-state index contributed by atoms with van der Waals surface area (Å²) in [6, 6.07) is 4.82. The highest BCUT2D eigenvalue weighted by Gasteiger charge is 2.28. The Hall–Kier alpha value is -2.28. The predicted molar refractivity (Wildman–Crippen MR) is 86.3 cm³/mol. The van der Waals surface area contributed by atoms with Crippen molar-refractivity contribution in [1.82, 2.24) is 15.0 Å². The van der Waals surface area contributed by atoms with Crippen molar-refractivity contribution in [2.45, 2.75) is 32.7 Å². The molecule has 2 heterocycles. The molecule has 1 aromatic heterocycles. The number of halogens is 1. The van der Waals surface area contributed by atoms with E-state index in [1.807, 2.05) is 6.92 Å². The maximum Gasteiger partial charge on any atom is 0.244 e. The summed E-state index contributed by atoms with van der Waals surface area (Å²) in [5, 5.41) is 3.96. The van der Waals surface area contributed by atoms with Crippen LogP contribution in [0.15, 0.2) is 22.7 Å². The predicted octanol–water partition coefficient (Wildman–Crippen LogP) is 2.44. The molecule has 2 N–H and O–H groups in total. The van der Waals surface area contributed by atoms with Crippen molar-refractivity contribution in [3.63, 3.8) is 0 Å². The van der Waals surface area contributed by atoms with Gasteiger partial charge in [0, 0.05) is 11.5 Å². The van der Waals surface area contributed by atoms with Gasteiger partial charge in [-0.2, -0.15) is 4.98 Å². The fourth-order valence-electron chi connectivity index (χ4n) is 2.98. The zero-order valence-electron chi connectivity index (χ0n) is 13.8. The van der Waals surface area contributed by atoms with Crippen molar-refractivity contribution in [3.8, 4) is 11.4 Å². The first kappa shape index (κ1) is 16.6. The maximum atomic E-state index is 13.7. The van der Waals surface area contributed by atoms with Crippen LogP contribution in [-0.2, 0) is 4.79 Å². The lowest BCUT2D eigenvalue weighted by Crippen LogP contribution is -2.39. The van der Waals surface area contributed by atoms with E-state index >= 15 is 0 Å². The van der Waals surface area contributed by atoms with Crippen LogP contribution in [0.4, 0.5) is 4.39 Å². The van der Waals surface area contributed by atoms with E-state index in [4.69, 9.17) is 10.3 Å². The third-order valence-corrected chi connectivity index (χ3v) is 4.71. The number of benzene rings is 1. The Labute approximate surface area is 139 Å². The van der Waals surface area contributed by atoms with Crippen molar-refractivity contribution in [2.75, 3.05) is 13.1 Å². The van der Waals surface area contributed by atoms with Crippen molar-refractivity contribution < 1.29 is 13.7 Å². The normalized spacial score (nSPS) is 17.8. The summed E-state index contributed by atoms with van der Waals surface area (Å²) in [5.41, 5.74) is 6.53. The molecule has 6 nitrogen and oxygen atoms in total. The fourth-order valence-corrected chi connectivity index (χ4v) is 2.98. The molecule has 1 aliphatic heterocycles. The molecule has 3 rings (SSSR count). The van der Waals surface area contributed by atoms with Crippen molar-refractivity contribution in [1.29, 1.82) is 0 Å². The highest BCUT2D eigenvalue weighted by atomic mass is 19.1. The summed E-state index contributed by atoms with van der Waals surface area (Å²) >= 11 is 0. The van der Waals surface area contributed by atoms with E-state index in [0.717, 1.165) is 25.9 Å². The van der Waals surface area contributed by atoms with Gasteiger partial charge in [-0.25, -0.2) is 4.39 Å². The molecule has 0 aliphatic carbocycles. The second kappa shape index (κ2) is 6.68. The molecule has 1 fully saturated rings. The van der Waals surface area contributed by atoms with E-state index in [2.05, 4.69) is 15.0 Å². The van der Waals surface area contributed by atoms with Gasteiger partial charge in [-0.05, 0) is 51.4 Å². The molecular weight excluding hydrogens is 311 g/mol. The fraction of sp³-hybridized carbons (Fsp3) is 0.471. The molecule has 0 bridgehead atoms. The van der Waals surface area contributed by atoms with Gasteiger partial charge < -0.3 is 10.3 Å². The molecule has 7 heteroatoms. The smallest absolute Gasteiger partial charge is 0.244 e. The first-order valence-corrected chi connectivity index (χ1v) is 8.09. The Morgan fingerprint density at radius 2 is 2.12 bits per heavy atom. The van der Waals surface area contributed by atoms with Gasteiger partial charge >= 0.3 is 0 Å². The van der Waals surface area contributed by atoms with Crippen LogP contribution >= 0.6 is 0 Å². The lowest BCUT2D eigenvalue weighted by atomic mass is 9.95. The number of rotatable bonds is 4. The number of hydrogen-bond acceptors (Lipinski definition) is 5. The van der Waals surface area contributed by atoms with Crippen LogP contribution in [0.1, 0.15) is 37.3 Å². The summed E-state index contributed by atoms with van der Waals surface area (Å²) in [4.78, 5) is 17.8. The largest absolute Gasteiger partial charge is 0.369 e. The summed E-state index contributed by atoms with van der Waals surface area (Å²) < 4.78 is 19.1. The number of carbonyl (C=O) groups is 1. The molecule has 24 heavy (non-hydrogen) atoms. The Morgan fingerprint density at radius 3 is 2.75 bits per heavy atom. The first-order chi connectivity index (χ1) is 11.5. The third-order valence-electron chi connectivity index (χ3n) is 4.71. The number of hydrogen-bond donors (Lipinski definition) is 1. The highest BCUT2D eigenvalue weighted by molar-refractivity contribution is 5.76. The molecule has 0 unspecified atom stereocenters. The molecule has 1 amide bonds. The van der Waals surface area contributed by atoms with Gasteiger partial charge in [0.2, 0.25) is 17.6 Å². The summed E-state index contributed by atoms with van der Waals surface area (Å²) in [6.45, 7) is 5.20. The minimum absolute atomic E-state index is 0.0535. The summed E-state index contributed by atoms with van der Waals surface area (Å²) in [7, 11) is 0. The molecule has 1 aromatic carbocycles. The van der Waals surface area contributed by atoms with Crippen LogP contribution in [0.25, 0.3) is 11.4 Å². The van der Waals surface area contributed by atoms with Gasteiger partial charge in [-0.3, -0.25) is 9.69 Å². The van der Waals surface area contributed by atoms with E-state index < -0.39 is 0 Å². The average Bonchev–Trinajstić information content (AvgIpc) is 3.07. The van der Waals surface area contributed by atoms with Gasteiger partial charge in [0.05, 0.1) is 6.04 Å². The number of amides is 1. The van der Waals surface area contributed by atoms with Gasteiger partial charge in [0.15, 0.2) is 0 Å². The number of likely N-dealkylation sites (tertiary alicyclic amines) is 1. The van der Waals surface area contributed by atoms with E-state index in [9.17, 15) is 9.18 Å². The van der Waals surface area contributed by atoms with Crippen LogP contribution in [0, 0.1) is 18.7 Å². The summed E-state index contributed by atoms with van der Waals surface area (Å²) in [6.07, 6.45) is 1.48. The molecule has 1 aliphatic rings. The molecule has 0 spiro atoms. The zero-order valence-corrected chi connectivity index (χ0v) is 13.8. The van der Waals surface area contributed by atoms with Gasteiger partial charge in [-0.15, -0.1) is 0 Å². The number of aromatic nitrogens is 2. The molecule has 2 aromatic rings. The minimum atomic E-state index is -0.291. The van der Waals surface area contributed by atoms with Gasteiger partial charge in [0.1, 0.15) is 5.82 Å². The van der Waals surface area contributed by atoms with Crippen molar-refractivity contribution in [3.05, 3.63) is 35.5 Å². The Balaban J connectivity index is 1.71. The van der Waals surface area contributed by atoms with Gasteiger partial charge in [-0.1, -0.05) is 17.3 Å². The molecule has 0 radical (unpaired) electrons. The Morgan fingerprint density at radius 1 is 1.42 bits per heavy atom. The minimum Gasteiger partial charge on any atom is -0.369 e. The quantitative estimate of drug-likeness (QED) is 0.929. The van der Waals surface area contributed by atoms with Crippen molar-refractivity contribution in [2.24, 2.45) is 11.7 Å². The van der Waals surface area contributed by atoms with Crippen LogP contribution < -0.4 is 5.73 Å². The van der Waals surface area contributed by atoms with E-state index in [0.29, 0.717) is 22.8 Å². The molecule has 128 valence electrons. The lowest BCUT2D eigenvalue weighted by molar-refractivity contribution is -0.123. The molecule has 1 saturated heterocycles. The Kier molecular flexibility index (Phi) is 4.62. The number of piperidine rings is 1. The third kappa shape index (κ3) is 3.31. The number of nitrogens with zero attached hydrogens (tertiary/aromatic N) is 3. The maximum absolute atomic E-state index is 13.7. The monoisotopic (exact) mass is 332 g/mol. The molecular formula is C17H21FN4O2. The number of aryl methyl sites for hydroxylation is 1. The second-order valence-electron chi connectivity index (χ2n) is 6.31. The SMILES string of the molecule is Cc1ccc(-c2noc([C@H](C)N3CCC(C(N)=O)CC3)n2)cc1F. The van der Waals surface area contributed by atoms with E-state index in [-0.39, 0.29) is 23.7 Å². The average molecular weight is 332 g/mol. The summed E-state index contributed by atoms with van der Waals surface area (Å²) in [5.74, 6) is 0.290. The molecule has 0 saturated carbocycles. The number of nitrogens with two attached hydrogens (primary N) is 1.